The van der Waals surface area contributed by atoms with Gasteiger partial charge in [0.2, 0.25) is 0 Å². The quantitative estimate of drug-likeness (QED) is 0.788. The zero-order chi connectivity index (χ0) is 9.84. The van der Waals surface area contributed by atoms with Crippen molar-refractivity contribution in [3.8, 4) is 0 Å². The van der Waals surface area contributed by atoms with Gasteiger partial charge in [-0.25, -0.2) is 4.39 Å². The third-order valence-electron chi connectivity index (χ3n) is 1.71. The van der Waals surface area contributed by atoms with E-state index in [9.17, 15) is 9.50 Å². The molecule has 0 bridgehead atoms. The van der Waals surface area contributed by atoms with Crippen molar-refractivity contribution in [2.75, 3.05) is 6.54 Å². The van der Waals surface area contributed by atoms with Gasteiger partial charge in [0.25, 0.3) is 0 Å². The highest BCUT2D eigenvalue weighted by Crippen LogP contribution is 2.21. The molecule has 0 aliphatic carbocycles. The zero-order valence-corrected chi connectivity index (χ0v) is 7.76. The second kappa shape index (κ2) is 4.56. The Hall–Kier alpha value is -0.640. The normalized spacial score (nSPS) is 12.9. The fourth-order valence-corrected chi connectivity index (χ4v) is 1.32. The van der Waals surface area contributed by atoms with Gasteiger partial charge in [-0.3, -0.25) is 0 Å². The molecule has 13 heavy (non-hydrogen) atoms. The van der Waals surface area contributed by atoms with Gasteiger partial charge in [0.1, 0.15) is 5.82 Å². The lowest BCUT2D eigenvalue weighted by molar-refractivity contribution is 0.170. The number of hydrogen-bond donors (Lipinski definition) is 2. The van der Waals surface area contributed by atoms with E-state index in [2.05, 4.69) is 0 Å². The van der Waals surface area contributed by atoms with Gasteiger partial charge in [-0.15, -0.1) is 0 Å². The SMILES string of the molecule is NCC[C@@H](O)c1cc(F)cc(Cl)c1. The Balaban J connectivity index is 2.87. The molecule has 1 aromatic carbocycles. The lowest BCUT2D eigenvalue weighted by atomic mass is 10.1. The monoisotopic (exact) mass is 203 g/mol. The zero-order valence-electron chi connectivity index (χ0n) is 7.00. The van der Waals surface area contributed by atoms with Gasteiger partial charge >= 0.3 is 0 Å². The van der Waals surface area contributed by atoms with E-state index in [0.29, 0.717) is 18.5 Å². The fourth-order valence-electron chi connectivity index (χ4n) is 1.09. The molecule has 0 aliphatic rings. The van der Waals surface area contributed by atoms with Gasteiger partial charge in [0.05, 0.1) is 6.10 Å². The van der Waals surface area contributed by atoms with Crippen LogP contribution in [0.5, 0.6) is 0 Å². The number of halogens is 2. The van der Waals surface area contributed by atoms with Crippen molar-refractivity contribution in [1.82, 2.24) is 0 Å². The number of nitrogens with two attached hydrogens (primary N) is 1. The molecule has 1 rings (SSSR count). The largest absolute Gasteiger partial charge is 0.388 e. The highest BCUT2D eigenvalue weighted by Gasteiger charge is 2.08. The summed E-state index contributed by atoms with van der Waals surface area (Å²) in [5.74, 6) is -0.446. The summed E-state index contributed by atoms with van der Waals surface area (Å²) >= 11 is 5.61. The number of hydrogen-bond acceptors (Lipinski definition) is 2. The van der Waals surface area contributed by atoms with Crippen LogP contribution in [0.3, 0.4) is 0 Å². The number of aliphatic hydroxyl groups is 1. The molecule has 0 radical (unpaired) electrons. The van der Waals surface area contributed by atoms with E-state index in [1.54, 1.807) is 0 Å². The van der Waals surface area contributed by atoms with Crippen LogP contribution in [0.2, 0.25) is 5.02 Å². The summed E-state index contributed by atoms with van der Waals surface area (Å²) < 4.78 is 12.8. The minimum atomic E-state index is -0.738. The molecule has 1 atom stereocenters. The van der Waals surface area contributed by atoms with Gasteiger partial charge in [0.15, 0.2) is 0 Å². The summed E-state index contributed by atoms with van der Waals surface area (Å²) in [6, 6.07) is 3.98. The number of benzene rings is 1. The maximum atomic E-state index is 12.8. The molecule has 4 heteroatoms. The molecule has 0 amide bonds. The summed E-state index contributed by atoms with van der Waals surface area (Å²) in [4.78, 5) is 0. The first kappa shape index (κ1) is 10.4. The first-order valence-corrected chi connectivity index (χ1v) is 4.35. The van der Waals surface area contributed by atoms with Gasteiger partial charge < -0.3 is 10.8 Å². The molecule has 0 unspecified atom stereocenters. The highest BCUT2D eigenvalue weighted by atomic mass is 35.5. The Morgan fingerprint density at radius 3 is 2.69 bits per heavy atom. The Morgan fingerprint density at radius 1 is 1.46 bits per heavy atom. The smallest absolute Gasteiger partial charge is 0.125 e. The molecule has 0 aliphatic heterocycles. The summed E-state index contributed by atoms with van der Waals surface area (Å²) in [6.07, 6.45) is -0.335. The Morgan fingerprint density at radius 2 is 2.15 bits per heavy atom. The van der Waals surface area contributed by atoms with Crippen LogP contribution < -0.4 is 5.73 Å². The van der Waals surface area contributed by atoms with Crippen molar-refractivity contribution in [2.24, 2.45) is 5.73 Å². The maximum Gasteiger partial charge on any atom is 0.125 e. The Kier molecular flexibility index (Phi) is 3.66. The summed E-state index contributed by atoms with van der Waals surface area (Å²) in [7, 11) is 0. The highest BCUT2D eigenvalue weighted by molar-refractivity contribution is 6.30. The van der Waals surface area contributed by atoms with E-state index in [1.807, 2.05) is 0 Å². The van der Waals surface area contributed by atoms with Crippen molar-refractivity contribution in [3.05, 3.63) is 34.6 Å². The molecule has 3 N–H and O–H groups in total. The van der Waals surface area contributed by atoms with Crippen molar-refractivity contribution in [1.29, 1.82) is 0 Å². The van der Waals surface area contributed by atoms with Gasteiger partial charge in [-0.05, 0) is 36.7 Å². The molecule has 0 saturated carbocycles. The van der Waals surface area contributed by atoms with Gasteiger partial charge in [-0.1, -0.05) is 11.6 Å². The van der Waals surface area contributed by atoms with Crippen molar-refractivity contribution < 1.29 is 9.50 Å². The maximum absolute atomic E-state index is 12.8. The van der Waals surface area contributed by atoms with E-state index in [4.69, 9.17) is 17.3 Å². The lowest BCUT2D eigenvalue weighted by Crippen LogP contribution is -2.06. The molecule has 0 aromatic heterocycles. The number of aliphatic hydroxyl groups excluding tert-OH is 1. The first-order valence-electron chi connectivity index (χ1n) is 3.97. The molecular weight excluding hydrogens is 193 g/mol. The second-order valence-corrected chi connectivity index (χ2v) is 3.23. The fraction of sp³-hybridized carbons (Fsp3) is 0.333. The van der Waals surface area contributed by atoms with E-state index >= 15 is 0 Å². The summed E-state index contributed by atoms with van der Waals surface area (Å²) in [6.45, 7) is 0.356. The summed E-state index contributed by atoms with van der Waals surface area (Å²) in [5.41, 5.74) is 5.72. The lowest BCUT2D eigenvalue weighted by Gasteiger charge is -2.09. The average Bonchev–Trinajstić information content (AvgIpc) is 2.03. The Bertz CT molecular complexity index is 273. The molecule has 0 fully saturated rings. The standard InChI is InChI=1S/C9H11ClFNO/c10-7-3-6(4-8(11)5-7)9(13)1-2-12/h3-5,9,13H,1-2,12H2/t9-/m1/s1. The predicted octanol–water partition coefficient (Wildman–Crippen LogP) is 1.86. The van der Waals surface area contributed by atoms with Crippen molar-refractivity contribution in [3.63, 3.8) is 0 Å². The van der Waals surface area contributed by atoms with Gasteiger partial charge in [-0.2, -0.15) is 0 Å². The van der Waals surface area contributed by atoms with E-state index in [1.165, 1.54) is 18.2 Å². The topological polar surface area (TPSA) is 46.2 Å². The predicted molar refractivity (Wildman–Crippen MR) is 50.0 cm³/mol. The van der Waals surface area contributed by atoms with E-state index in [0.717, 1.165) is 0 Å². The first-order chi connectivity index (χ1) is 6.13. The van der Waals surface area contributed by atoms with Gasteiger partial charge in [0, 0.05) is 5.02 Å². The molecule has 2 nitrogen and oxygen atoms in total. The van der Waals surface area contributed by atoms with Crippen LogP contribution in [-0.2, 0) is 0 Å². The molecular formula is C9H11ClFNO. The van der Waals surface area contributed by atoms with Crippen molar-refractivity contribution >= 4 is 11.6 Å². The third-order valence-corrected chi connectivity index (χ3v) is 1.93. The van der Waals surface area contributed by atoms with Crippen LogP contribution in [0.1, 0.15) is 18.1 Å². The van der Waals surface area contributed by atoms with Crippen LogP contribution in [0.25, 0.3) is 0 Å². The average molecular weight is 204 g/mol. The minimum absolute atomic E-state index is 0.283. The number of rotatable bonds is 3. The summed E-state index contributed by atoms with van der Waals surface area (Å²) in [5, 5.41) is 9.75. The van der Waals surface area contributed by atoms with E-state index in [-0.39, 0.29) is 5.02 Å². The molecule has 1 aromatic rings. The van der Waals surface area contributed by atoms with Crippen LogP contribution in [0.15, 0.2) is 18.2 Å². The molecule has 72 valence electrons. The molecule has 0 spiro atoms. The second-order valence-electron chi connectivity index (χ2n) is 2.80. The third kappa shape index (κ3) is 2.95. The van der Waals surface area contributed by atoms with Crippen LogP contribution >= 0.6 is 11.6 Å². The molecule has 0 heterocycles. The molecule has 0 saturated heterocycles. The Labute approximate surface area is 81.1 Å². The minimum Gasteiger partial charge on any atom is -0.388 e. The van der Waals surface area contributed by atoms with Crippen molar-refractivity contribution in [2.45, 2.75) is 12.5 Å². The van der Waals surface area contributed by atoms with E-state index < -0.39 is 11.9 Å². The van der Waals surface area contributed by atoms with Crippen LogP contribution in [0.4, 0.5) is 4.39 Å². The van der Waals surface area contributed by atoms with Crippen LogP contribution in [0, 0.1) is 5.82 Å². The van der Waals surface area contributed by atoms with Crippen LogP contribution in [-0.4, -0.2) is 11.7 Å².